The third kappa shape index (κ3) is 2.90. The van der Waals surface area contributed by atoms with E-state index < -0.39 is 0 Å². The lowest BCUT2D eigenvalue weighted by atomic mass is 9.49. The van der Waals surface area contributed by atoms with E-state index in [1.807, 2.05) is 7.11 Å². The van der Waals surface area contributed by atoms with Crippen molar-refractivity contribution < 1.29 is 9.84 Å². The van der Waals surface area contributed by atoms with E-state index in [4.69, 9.17) is 4.74 Å². The summed E-state index contributed by atoms with van der Waals surface area (Å²) in [6, 6.07) is 0. The van der Waals surface area contributed by atoms with E-state index >= 15 is 0 Å². The third-order valence-electron chi connectivity index (χ3n) is 9.42. The summed E-state index contributed by atoms with van der Waals surface area (Å²) in [5, 5.41) is 10.5. The average Bonchev–Trinajstić information content (AvgIpc) is 2.85. The fraction of sp³-hybridized carbons (Fsp3) is 1.00. The van der Waals surface area contributed by atoms with Crippen molar-refractivity contribution in [1.82, 2.24) is 0 Å². The van der Waals surface area contributed by atoms with Crippen LogP contribution in [0.15, 0.2) is 0 Å². The van der Waals surface area contributed by atoms with Gasteiger partial charge in [0.1, 0.15) is 0 Å². The zero-order chi connectivity index (χ0) is 17.8. The lowest BCUT2D eigenvalue weighted by molar-refractivity contribution is -0.0862. The van der Waals surface area contributed by atoms with Crippen molar-refractivity contribution >= 4 is 0 Å². The molecule has 25 heavy (non-hydrogen) atoms. The Labute approximate surface area is 155 Å². The van der Waals surface area contributed by atoms with Crippen LogP contribution in [0.3, 0.4) is 0 Å². The normalized spacial score (nSPS) is 53.6. The monoisotopic (exact) mass is 348 g/mol. The number of rotatable bonds is 3. The summed E-state index contributed by atoms with van der Waals surface area (Å²) in [5.74, 6) is 6.83. The highest BCUT2D eigenvalue weighted by Gasteiger charge is 2.59. The molecular formula is C23H40O2. The van der Waals surface area contributed by atoms with Crippen molar-refractivity contribution in [2.45, 2.75) is 78.2 Å². The molecule has 144 valence electrons. The summed E-state index contributed by atoms with van der Waals surface area (Å²) in [7, 11) is 1.87. The molecule has 0 radical (unpaired) electrons. The summed E-state index contributed by atoms with van der Waals surface area (Å²) < 4.78 is 5.46. The largest absolute Gasteiger partial charge is 0.393 e. The Morgan fingerprint density at radius 3 is 2.52 bits per heavy atom. The van der Waals surface area contributed by atoms with Crippen LogP contribution in [0.1, 0.15) is 72.1 Å². The van der Waals surface area contributed by atoms with Gasteiger partial charge in [-0.25, -0.2) is 0 Å². The number of methoxy groups -OCH3 is 1. The van der Waals surface area contributed by atoms with Gasteiger partial charge in [-0.3, -0.25) is 0 Å². The van der Waals surface area contributed by atoms with E-state index in [0.29, 0.717) is 17.3 Å². The predicted molar refractivity (Wildman–Crippen MR) is 102 cm³/mol. The molecule has 4 aliphatic carbocycles. The molecule has 2 heteroatoms. The number of ether oxygens (including phenoxy) is 1. The molecule has 4 aliphatic rings. The van der Waals surface area contributed by atoms with E-state index in [1.165, 1.54) is 51.4 Å². The van der Waals surface area contributed by atoms with Crippen LogP contribution in [0.2, 0.25) is 0 Å². The molecule has 0 saturated heterocycles. The molecule has 0 aromatic heterocycles. The summed E-state index contributed by atoms with van der Waals surface area (Å²) in [6.07, 6.45) is 11.2. The molecule has 0 aromatic rings. The molecular weight excluding hydrogens is 308 g/mol. The Morgan fingerprint density at radius 1 is 1.04 bits per heavy atom. The second kappa shape index (κ2) is 6.82. The quantitative estimate of drug-likeness (QED) is 0.765. The molecule has 0 bridgehead atoms. The SMILES string of the molecule is COCC1CCC2C(CCC3C2CCC2(C)C3C[C@@H](C)C2C(C)O)C1. The van der Waals surface area contributed by atoms with Gasteiger partial charge in [-0.1, -0.05) is 13.8 Å². The summed E-state index contributed by atoms with van der Waals surface area (Å²) in [6.45, 7) is 7.98. The topological polar surface area (TPSA) is 29.5 Å². The summed E-state index contributed by atoms with van der Waals surface area (Å²) in [4.78, 5) is 0. The van der Waals surface area contributed by atoms with Crippen LogP contribution in [0.5, 0.6) is 0 Å². The standard InChI is InChI=1S/C23H40O2/c1-14-11-21-20-8-6-17-12-16(13-25-4)5-7-18(17)19(20)9-10-23(21,3)22(14)15(2)24/h14-22,24H,5-13H2,1-4H3/t14-,15?,16?,17?,18?,19?,20?,21?,22?,23?/m1/s1. The highest BCUT2D eigenvalue weighted by molar-refractivity contribution is 5.08. The number of fused-ring (bicyclic) bond motifs is 5. The summed E-state index contributed by atoms with van der Waals surface area (Å²) in [5.41, 5.74) is 0.398. The van der Waals surface area contributed by atoms with Gasteiger partial charge in [0, 0.05) is 13.7 Å². The molecule has 0 spiro atoms. The van der Waals surface area contributed by atoms with Gasteiger partial charge in [0.2, 0.25) is 0 Å². The van der Waals surface area contributed by atoms with Crippen LogP contribution in [0.4, 0.5) is 0 Å². The van der Waals surface area contributed by atoms with Crippen molar-refractivity contribution in [1.29, 1.82) is 0 Å². The minimum absolute atomic E-state index is 0.137. The van der Waals surface area contributed by atoms with E-state index in [1.54, 1.807) is 0 Å². The first-order chi connectivity index (χ1) is 12.0. The van der Waals surface area contributed by atoms with Gasteiger partial charge < -0.3 is 9.84 Å². The first-order valence-electron chi connectivity index (χ1n) is 11.1. The number of aliphatic hydroxyl groups excluding tert-OH is 1. The van der Waals surface area contributed by atoms with Gasteiger partial charge in [0.25, 0.3) is 0 Å². The molecule has 0 heterocycles. The smallest absolute Gasteiger partial charge is 0.0548 e. The Hall–Kier alpha value is -0.0800. The second-order valence-corrected chi connectivity index (χ2v) is 10.6. The first-order valence-corrected chi connectivity index (χ1v) is 11.1. The van der Waals surface area contributed by atoms with Gasteiger partial charge in [0.15, 0.2) is 0 Å². The Kier molecular flexibility index (Phi) is 4.99. The van der Waals surface area contributed by atoms with E-state index in [0.717, 1.165) is 42.1 Å². The van der Waals surface area contributed by atoms with Crippen LogP contribution < -0.4 is 0 Å². The Morgan fingerprint density at radius 2 is 1.80 bits per heavy atom. The molecule has 2 nitrogen and oxygen atoms in total. The minimum Gasteiger partial charge on any atom is -0.393 e. The zero-order valence-corrected chi connectivity index (χ0v) is 16.9. The van der Waals surface area contributed by atoms with Gasteiger partial charge in [0.05, 0.1) is 6.10 Å². The van der Waals surface area contributed by atoms with Crippen LogP contribution in [0.25, 0.3) is 0 Å². The van der Waals surface area contributed by atoms with E-state index in [9.17, 15) is 5.11 Å². The van der Waals surface area contributed by atoms with Crippen molar-refractivity contribution in [2.24, 2.45) is 52.8 Å². The Bertz CT molecular complexity index is 475. The highest BCUT2D eigenvalue weighted by Crippen LogP contribution is 2.66. The van der Waals surface area contributed by atoms with Gasteiger partial charge >= 0.3 is 0 Å². The van der Waals surface area contributed by atoms with Crippen LogP contribution in [-0.2, 0) is 4.74 Å². The van der Waals surface area contributed by atoms with Crippen molar-refractivity contribution in [3.63, 3.8) is 0 Å². The van der Waals surface area contributed by atoms with E-state index in [-0.39, 0.29) is 6.10 Å². The van der Waals surface area contributed by atoms with Crippen molar-refractivity contribution in [3.8, 4) is 0 Å². The fourth-order valence-electron chi connectivity index (χ4n) is 8.77. The lowest BCUT2D eigenvalue weighted by Gasteiger charge is -2.56. The number of hydrogen-bond acceptors (Lipinski definition) is 2. The maximum atomic E-state index is 10.5. The molecule has 4 saturated carbocycles. The van der Waals surface area contributed by atoms with Crippen molar-refractivity contribution in [2.75, 3.05) is 13.7 Å². The molecule has 9 unspecified atom stereocenters. The molecule has 0 amide bonds. The molecule has 4 rings (SSSR count). The van der Waals surface area contributed by atoms with Crippen molar-refractivity contribution in [3.05, 3.63) is 0 Å². The van der Waals surface area contributed by atoms with Crippen LogP contribution in [0, 0.1) is 52.8 Å². The first kappa shape index (κ1) is 18.3. The van der Waals surface area contributed by atoms with Gasteiger partial charge in [-0.05, 0) is 111 Å². The summed E-state index contributed by atoms with van der Waals surface area (Å²) >= 11 is 0. The number of hydrogen-bond donors (Lipinski definition) is 1. The number of aliphatic hydroxyl groups is 1. The molecule has 4 fully saturated rings. The predicted octanol–water partition coefficient (Wildman–Crippen LogP) is 5.14. The lowest BCUT2D eigenvalue weighted by Crippen LogP contribution is -2.49. The maximum absolute atomic E-state index is 10.5. The molecule has 10 atom stereocenters. The van der Waals surface area contributed by atoms with Gasteiger partial charge in [-0.15, -0.1) is 0 Å². The van der Waals surface area contributed by atoms with Gasteiger partial charge in [-0.2, -0.15) is 0 Å². The third-order valence-corrected chi connectivity index (χ3v) is 9.42. The molecule has 1 N–H and O–H groups in total. The second-order valence-electron chi connectivity index (χ2n) is 10.6. The highest BCUT2D eigenvalue weighted by atomic mass is 16.5. The average molecular weight is 349 g/mol. The van der Waals surface area contributed by atoms with Crippen LogP contribution in [-0.4, -0.2) is 24.9 Å². The van der Waals surface area contributed by atoms with Crippen LogP contribution >= 0.6 is 0 Å². The Balaban J connectivity index is 1.51. The zero-order valence-electron chi connectivity index (χ0n) is 16.9. The maximum Gasteiger partial charge on any atom is 0.0548 e. The minimum atomic E-state index is -0.137. The van der Waals surface area contributed by atoms with E-state index in [2.05, 4.69) is 20.8 Å². The molecule has 0 aliphatic heterocycles. The molecule has 0 aromatic carbocycles. The fourth-order valence-corrected chi connectivity index (χ4v) is 8.77.